The maximum Gasteiger partial charge on any atom is 0.239 e. The number of benzene rings is 1. The van der Waals surface area contributed by atoms with Crippen molar-refractivity contribution in [3.05, 3.63) is 36.4 Å². The standard InChI is InChI=1S/C11H11N3O/c1-12-8-15-11-7-10(13-14-11)9-5-3-2-4-6-9/h2-8H,1H3,(H,13,14). The third-order valence-corrected chi connectivity index (χ3v) is 1.92. The van der Waals surface area contributed by atoms with Gasteiger partial charge in [-0.05, 0) is 5.56 Å². The maximum absolute atomic E-state index is 5.12. The minimum Gasteiger partial charge on any atom is -0.426 e. The van der Waals surface area contributed by atoms with Crippen LogP contribution in [0.5, 0.6) is 5.88 Å². The van der Waals surface area contributed by atoms with Crippen LogP contribution in [0.1, 0.15) is 0 Å². The summed E-state index contributed by atoms with van der Waals surface area (Å²) in [6.45, 7) is 0. The fourth-order valence-electron chi connectivity index (χ4n) is 1.24. The average molecular weight is 201 g/mol. The predicted octanol–water partition coefficient (Wildman–Crippen LogP) is 2.11. The lowest BCUT2D eigenvalue weighted by Gasteiger charge is -1.93. The fourth-order valence-corrected chi connectivity index (χ4v) is 1.24. The zero-order valence-corrected chi connectivity index (χ0v) is 8.34. The Kier molecular flexibility index (Phi) is 2.78. The van der Waals surface area contributed by atoms with Gasteiger partial charge in [0.2, 0.25) is 5.88 Å². The molecular formula is C11H11N3O. The molecule has 76 valence electrons. The first-order valence-electron chi connectivity index (χ1n) is 4.58. The number of hydrogen-bond acceptors (Lipinski definition) is 3. The van der Waals surface area contributed by atoms with Gasteiger partial charge in [-0.15, -0.1) is 5.10 Å². The average Bonchev–Trinajstić information content (AvgIpc) is 2.76. The van der Waals surface area contributed by atoms with E-state index in [0.717, 1.165) is 11.3 Å². The second-order valence-corrected chi connectivity index (χ2v) is 2.97. The van der Waals surface area contributed by atoms with Gasteiger partial charge in [-0.25, -0.2) is 0 Å². The lowest BCUT2D eigenvalue weighted by molar-refractivity contribution is 0.546. The Hall–Kier alpha value is -2.10. The van der Waals surface area contributed by atoms with Crippen LogP contribution in [0.15, 0.2) is 41.4 Å². The largest absolute Gasteiger partial charge is 0.426 e. The Bertz CT molecular complexity index is 448. The van der Waals surface area contributed by atoms with Crippen LogP contribution in [0.2, 0.25) is 0 Å². The minimum atomic E-state index is 0.513. The van der Waals surface area contributed by atoms with E-state index in [0.29, 0.717) is 5.88 Å². The van der Waals surface area contributed by atoms with Gasteiger partial charge in [0.25, 0.3) is 0 Å². The summed E-state index contributed by atoms with van der Waals surface area (Å²) in [5, 5.41) is 6.89. The normalized spacial score (nSPS) is 10.7. The number of hydrogen-bond donors (Lipinski definition) is 1. The Morgan fingerprint density at radius 3 is 2.87 bits per heavy atom. The van der Waals surface area contributed by atoms with Gasteiger partial charge in [-0.2, -0.15) is 0 Å². The van der Waals surface area contributed by atoms with E-state index >= 15 is 0 Å². The summed E-state index contributed by atoms with van der Waals surface area (Å²) >= 11 is 0. The van der Waals surface area contributed by atoms with E-state index in [9.17, 15) is 0 Å². The first kappa shape index (κ1) is 9.45. The molecule has 4 heteroatoms. The molecule has 1 aromatic heterocycles. The topological polar surface area (TPSA) is 50.3 Å². The number of H-pyrrole nitrogens is 1. The molecule has 4 nitrogen and oxygen atoms in total. The van der Waals surface area contributed by atoms with Crippen LogP contribution < -0.4 is 4.74 Å². The van der Waals surface area contributed by atoms with Crippen LogP contribution in [-0.2, 0) is 0 Å². The molecule has 0 aliphatic rings. The molecular weight excluding hydrogens is 190 g/mol. The molecule has 0 aliphatic heterocycles. The highest BCUT2D eigenvalue weighted by Gasteiger charge is 2.02. The zero-order valence-electron chi connectivity index (χ0n) is 8.34. The van der Waals surface area contributed by atoms with Crippen LogP contribution in [0, 0.1) is 0 Å². The van der Waals surface area contributed by atoms with Crippen molar-refractivity contribution in [3.63, 3.8) is 0 Å². The molecule has 0 fully saturated rings. The van der Waals surface area contributed by atoms with Gasteiger partial charge in [0.15, 0.2) is 6.40 Å². The number of ether oxygens (including phenoxy) is 1. The Morgan fingerprint density at radius 1 is 1.33 bits per heavy atom. The molecule has 0 saturated heterocycles. The first-order chi connectivity index (χ1) is 7.40. The monoisotopic (exact) mass is 201 g/mol. The quantitative estimate of drug-likeness (QED) is 0.610. The van der Waals surface area contributed by atoms with Gasteiger partial charge in [-0.1, -0.05) is 30.3 Å². The minimum absolute atomic E-state index is 0.513. The smallest absolute Gasteiger partial charge is 0.239 e. The molecule has 2 aromatic rings. The zero-order chi connectivity index (χ0) is 10.5. The molecule has 15 heavy (non-hydrogen) atoms. The van der Waals surface area contributed by atoms with Crippen LogP contribution in [0.25, 0.3) is 11.3 Å². The molecule has 0 aliphatic carbocycles. The van der Waals surface area contributed by atoms with Gasteiger partial charge in [0, 0.05) is 13.1 Å². The Morgan fingerprint density at radius 2 is 2.13 bits per heavy atom. The molecule has 0 radical (unpaired) electrons. The van der Waals surface area contributed by atoms with E-state index in [-0.39, 0.29) is 0 Å². The highest BCUT2D eigenvalue weighted by atomic mass is 16.5. The molecule has 1 N–H and O–H groups in total. The van der Waals surface area contributed by atoms with Gasteiger partial charge >= 0.3 is 0 Å². The van der Waals surface area contributed by atoms with Crippen molar-refractivity contribution in [1.29, 1.82) is 0 Å². The third-order valence-electron chi connectivity index (χ3n) is 1.92. The fraction of sp³-hybridized carbons (Fsp3) is 0.0909. The molecule has 0 amide bonds. The van der Waals surface area contributed by atoms with Gasteiger partial charge in [-0.3, -0.25) is 10.1 Å². The second kappa shape index (κ2) is 4.41. The number of nitrogens with one attached hydrogen (secondary N) is 1. The van der Waals surface area contributed by atoms with E-state index < -0.39 is 0 Å². The van der Waals surface area contributed by atoms with E-state index in [1.165, 1.54) is 6.40 Å². The van der Waals surface area contributed by atoms with Crippen molar-refractivity contribution in [3.8, 4) is 17.1 Å². The Balaban J connectivity index is 2.20. The van der Waals surface area contributed by atoms with E-state index in [1.54, 1.807) is 7.05 Å². The van der Waals surface area contributed by atoms with Gasteiger partial charge in [0.1, 0.15) is 0 Å². The Labute approximate surface area is 87.6 Å². The number of aromatic nitrogens is 2. The van der Waals surface area contributed by atoms with Crippen LogP contribution in [-0.4, -0.2) is 23.6 Å². The summed E-state index contributed by atoms with van der Waals surface area (Å²) in [7, 11) is 1.64. The van der Waals surface area contributed by atoms with E-state index in [1.807, 2.05) is 36.4 Å². The SMILES string of the molecule is CN=COc1cc(-c2ccccc2)[nH]n1. The molecule has 1 heterocycles. The number of rotatable bonds is 3. The molecule has 0 bridgehead atoms. The highest BCUT2D eigenvalue weighted by molar-refractivity contribution is 5.61. The highest BCUT2D eigenvalue weighted by Crippen LogP contribution is 2.19. The maximum atomic E-state index is 5.12. The summed E-state index contributed by atoms with van der Waals surface area (Å²) < 4.78 is 5.12. The summed E-state index contributed by atoms with van der Waals surface area (Å²) in [6.07, 6.45) is 1.35. The number of nitrogens with zero attached hydrogens (tertiary/aromatic N) is 2. The summed E-state index contributed by atoms with van der Waals surface area (Å²) in [5.74, 6) is 0.513. The first-order valence-corrected chi connectivity index (χ1v) is 4.58. The molecule has 2 rings (SSSR count). The summed E-state index contributed by atoms with van der Waals surface area (Å²) in [6, 6.07) is 11.8. The van der Waals surface area contributed by atoms with E-state index in [2.05, 4.69) is 15.2 Å². The molecule has 0 unspecified atom stereocenters. The van der Waals surface area contributed by atoms with Crippen molar-refractivity contribution in [2.24, 2.45) is 4.99 Å². The van der Waals surface area contributed by atoms with Gasteiger partial charge < -0.3 is 4.74 Å². The molecule has 0 spiro atoms. The lowest BCUT2D eigenvalue weighted by atomic mass is 10.2. The van der Waals surface area contributed by atoms with Crippen molar-refractivity contribution >= 4 is 6.40 Å². The summed E-state index contributed by atoms with van der Waals surface area (Å²) in [5.41, 5.74) is 2.00. The second-order valence-electron chi connectivity index (χ2n) is 2.97. The molecule has 0 atom stereocenters. The molecule has 1 aromatic carbocycles. The lowest BCUT2D eigenvalue weighted by Crippen LogP contribution is -1.88. The number of aliphatic imine (C=N–C) groups is 1. The summed E-state index contributed by atoms with van der Waals surface area (Å²) in [4.78, 5) is 3.71. The third kappa shape index (κ3) is 2.22. The van der Waals surface area contributed by atoms with E-state index in [4.69, 9.17) is 4.74 Å². The van der Waals surface area contributed by atoms with Crippen LogP contribution in [0.4, 0.5) is 0 Å². The molecule has 0 saturated carbocycles. The predicted molar refractivity (Wildman–Crippen MR) is 59.1 cm³/mol. The van der Waals surface area contributed by atoms with Crippen molar-refractivity contribution < 1.29 is 4.74 Å². The van der Waals surface area contributed by atoms with Crippen molar-refractivity contribution in [2.75, 3.05) is 7.05 Å². The number of aromatic amines is 1. The van der Waals surface area contributed by atoms with Gasteiger partial charge in [0.05, 0.1) is 5.69 Å². The van der Waals surface area contributed by atoms with Crippen LogP contribution >= 0.6 is 0 Å². The van der Waals surface area contributed by atoms with Crippen LogP contribution in [0.3, 0.4) is 0 Å². The van der Waals surface area contributed by atoms with Crippen molar-refractivity contribution in [1.82, 2.24) is 10.2 Å². The van der Waals surface area contributed by atoms with Crippen molar-refractivity contribution in [2.45, 2.75) is 0 Å².